The molecule has 0 unspecified atom stereocenters. The Hall–Kier alpha value is -2.82. The summed E-state index contributed by atoms with van der Waals surface area (Å²) in [6, 6.07) is 16.5. The van der Waals surface area contributed by atoms with E-state index in [2.05, 4.69) is 47.1 Å². The molecule has 5 heteroatoms. The first kappa shape index (κ1) is 22.9. The summed E-state index contributed by atoms with van der Waals surface area (Å²) < 4.78 is 8.28. The molecule has 1 amide bonds. The van der Waals surface area contributed by atoms with Gasteiger partial charge in [-0.15, -0.1) is 0 Å². The molecule has 0 fully saturated rings. The quantitative estimate of drug-likeness (QED) is 0.374. The first-order chi connectivity index (χ1) is 15.2. The minimum atomic E-state index is 0.164. The van der Waals surface area contributed by atoms with E-state index in [9.17, 15) is 4.79 Å². The fourth-order valence-electron chi connectivity index (χ4n) is 3.81. The van der Waals surface area contributed by atoms with Crippen LogP contribution in [0.1, 0.15) is 56.8 Å². The Kier molecular flexibility index (Phi) is 8.95. The molecule has 0 radical (unpaired) electrons. The summed E-state index contributed by atoms with van der Waals surface area (Å²) in [4.78, 5) is 16.4. The summed E-state index contributed by atoms with van der Waals surface area (Å²) in [5.41, 5.74) is 3.47. The molecule has 0 aliphatic rings. The second kappa shape index (κ2) is 12.1. The van der Waals surface area contributed by atoms with Crippen molar-refractivity contribution in [3.8, 4) is 5.75 Å². The summed E-state index contributed by atoms with van der Waals surface area (Å²) >= 11 is 0. The monoisotopic (exact) mass is 421 g/mol. The van der Waals surface area contributed by atoms with Crippen LogP contribution in [-0.4, -0.2) is 28.6 Å². The maximum Gasteiger partial charge on any atom is 0.219 e. The predicted octanol–water partition coefficient (Wildman–Crippen LogP) is 5.44. The van der Waals surface area contributed by atoms with Crippen molar-refractivity contribution in [2.75, 3.05) is 13.2 Å². The van der Waals surface area contributed by atoms with Gasteiger partial charge in [0.1, 0.15) is 11.6 Å². The highest BCUT2D eigenvalue weighted by Gasteiger charge is 2.10. The lowest BCUT2D eigenvalue weighted by atomic mass is 10.2. The smallest absolute Gasteiger partial charge is 0.219 e. The second-order valence-electron chi connectivity index (χ2n) is 8.10. The molecule has 3 aromatic rings. The molecule has 0 saturated heterocycles. The fourth-order valence-corrected chi connectivity index (χ4v) is 3.81. The first-order valence-corrected chi connectivity index (χ1v) is 11.6. The number of nitrogens with one attached hydrogen (secondary N) is 1. The number of hydrogen-bond acceptors (Lipinski definition) is 3. The van der Waals surface area contributed by atoms with Gasteiger partial charge in [-0.3, -0.25) is 4.79 Å². The second-order valence-corrected chi connectivity index (χ2v) is 8.10. The highest BCUT2D eigenvalue weighted by molar-refractivity contribution is 5.76. The Morgan fingerprint density at radius 1 is 1.06 bits per heavy atom. The number of carbonyl (C=O) groups excluding carboxylic acids is 1. The molecule has 2 aromatic carbocycles. The van der Waals surface area contributed by atoms with Crippen LogP contribution in [0.25, 0.3) is 11.0 Å². The molecule has 31 heavy (non-hydrogen) atoms. The van der Waals surface area contributed by atoms with Gasteiger partial charge in [0.05, 0.1) is 17.6 Å². The van der Waals surface area contributed by atoms with E-state index in [4.69, 9.17) is 9.72 Å². The Balaban J connectivity index is 1.49. The Morgan fingerprint density at radius 3 is 2.77 bits per heavy atom. The first-order valence-electron chi connectivity index (χ1n) is 11.6. The topological polar surface area (TPSA) is 56.2 Å². The zero-order valence-corrected chi connectivity index (χ0v) is 18.9. The van der Waals surface area contributed by atoms with Gasteiger partial charge in [-0.1, -0.05) is 37.6 Å². The van der Waals surface area contributed by atoms with E-state index in [0.717, 1.165) is 68.7 Å². The number of carbonyl (C=O) groups is 1. The van der Waals surface area contributed by atoms with E-state index in [1.54, 1.807) is 0 Å². The standard InChI is InChI=1S/C26H35N3O2/c1-3-11-26(30)27-17-8-4-5-16-25-28-23-14-6-7-15-24(23)29(25)18-10-19-31-22-13-9-12-21(2)20-22/h6-7,9,12-15,20H,3-5,8,10-11,16-19H2,1-2H3,(H,27,30). The normalized spacial score (nSPS) is 11.0. The SMILES string of the molecule is CCCC(=O)NCCCCCc1nc2ccccc2n1CCCOc1cccc(C)c1. The number of aryl methyl sites for hydroxylation is 3. The van der Waals surface area contributed by atoms with Crippen molar-refractivity contribution in [1.82, 2.24) is 14.9 Å². The van der Waals surface area contributed by atoms with Crippen LogP contribution < -0.4 is 10.1 Å². The third-order valence-electron chi connectivity index (χ3n) is 5.39. The van der Waals surface area contributed by atoms with E-state index < -0.39 is 0 Å². The Bertz CT molecular complexity index is 964. The zero-order valence-electron chi connectivity index (χ0n) is 18.9. The summed E-state index contributed by atoms with van der Waals surface area (Å²) in [5, 5.41) is 2.99. The van der Waals surface area contributed by atoms with Crippen molar-refractivity contribution in [1.29, 1.82) is 0 Å². The number of nitrogens with zero attached hydrogens (tertiary/aromatic N) is 2. The lowest BCUT2D eigenvalue weighted by Gasteiger charge is -2.11. The summed E-state index contributed by atoms with van der Waals surface area (Å²) in [6.45, 7) is 6.46. The van der Waals surface area contributed by atoms with E-state index in [-0.39, 0.29) is 5.91 Å². The minimum absolute atomic E-state index is 0.164. The van der Waals surface area contributed by atoms with Crippen LogP contribution in [0.2, 0.25) is 0 Å². The van der Waals surface area contributed by atoms with Gasteiger partial charge in [-0.25, -0.2) is 4.98 Å². The molecule has 166 valence electrons. The fraction of sp³-hybridized carbons (Fsp3) is 0.462. The van der Waals surface area contributed by atoms with Gasteiger partial charge in [0.15, 0.2) is 0 Å². The third kappa shape index (κ3) is 7.12. The number of para-hydroxylation sites is 2. The van der Waals surface area contributed by atoms with Gasteiger partial charge < -0.3 is 14.6 Å². The number of amides is 1. The number of fused-ring (bicyclic) bond motifs is 1. The van der Waals surface area contributed by atoms with E-state index in [1.807, 2.05) is 25.1 Å². The number of unbranched alkanes of at least 4 members (excludes halogenated alkanes) is 2. The maximum absolute atomic E-state index is 11.5. The molecule has 1 heterocycles. The predicted molar refractivity (Wildman–Crippen MR) is 126 cm³/mol. The van der Waals surface area contributed by atoms with Crippen molar-refractivity contribution in [2.24, 2.45) is 0 Å². The molecular weight excluding hydrogens is 386 g/mol. The molecule has 1 N–H and O–H groups in total. The Labute approximate surface area is 185 Å². The third-order valence-corrected chi connectivity index (χ3v) is 5.39. The number of ether oxygens (including phenoxy) is 1. The van der Waals surface area contributed by atoms with Gasteiger partial charge in [-0.2, -0.15) is 0 Å². The summed E-state index contributed by atoms with van der Waals surface area (Å²) in [7, 11) is 0. The van der Waals surface area contributed by atoms with Crippen LogP contribution in [0.15, 0.2) is 48.5 Å². The van der Waals surface area contributed by atoms with Crippen LogP contribution in [0.4, 0.5) is 0 Å². The largest absolute Gasteiger partial charge is 0.494 e. The van der Waals surface area contributed by atoms with Crippen LogP contribution in [0.3, 0.4) is 0 Å². The zero-order chi connectivity index (χ0) is 21.9. The molecule has 0 atom stereocenters. The molecule has 1 aromatic heterocycles. The number of aromatic nitrogens is 2. The van der Waals surface area contributed by atoms with Crippen molar-refractivity contribution >= 4 is 16.9 Å². The van der Waals surface area contributed by atoms with Gasteiger partial charge in [0, 0.05) is 25.9 Å². The molecule has 0 saturated carbocycles. The van der Waals surface area contributed by atoms with E-state index in [1.165, 1.54) is 11.1 Å². The lowest BCUT2D eigenvalue weighted by molar-refractivity contribution is -0.121. The van der Waals surface area contributed by atoms with Crippen LogP contribution >= 0.6 is 0 Å². The van der Waals surface area contributed by atoms with E-state index >= 15 is 0 Å². The van der Waals surface area contributed by atoms with Gasteiger partial charge >= 0.3 is 0 Å². The van der Waals surface area contributed by atoms with Crippen molar-refractivity contribution in [3.05, 3.63) is 59.9 Å². The average Bonchev–Trinajstić information content (AvgIpc) is 3.11. The van der Waals surface area contributed by atoms with Crippen LogP contribution in [0.5, 0.6) is 5.75 Å². The molecule has 0 bridgehead atoms. The summed E-state index contributed by atoms with van der Waals surface area (Å²) in [6.07, 6.45) is 6.59. The lowest BCUT2D eigenvalue weighted by Crippen LogP contribution is -2.23. The van der Waals surface area contributed by atoms with Gasteiger partial charge in [-0.05, 0) is 62.4 Å². The number of imidazole rings is 1. The number of benzene rings is 2. The summed E-state index contributed by atoms with van der Waals surface area (Å²) in [5.74, 6) is 2.24. The average molecular weight is 422 g/mol. The van der Waals surface area contributed by atoms with Crippen LogP contribution in [0, 0.1) is 6.92 Å². The molecule has 3 rings (SSSR count). The highest BCUT2D eigenvalue weighted by atomic mass is 16.5. The van der Waals surface area contributed by atoms with Crippen molar-refractivity contribution < 1.29 is 9.53 Å². The Morgan fingerprint density at radius 2 is 1.94 bits per heavy atom. The molecule has 0 aliphatic carbocycles. The van der Waals surface area contributed by atoms with Gasteiger partial charge in [0.2, 0.25) is 5.91 Å². The van der Waals surface area contributed by atoms with E-state index in [0.29, 0.717) is 13.0 Å². The molecule has 0 spiro atoms. The van der Waals surface area contributed by atoms with Crippen molar-refractivity contribution in [3.63, 3.8) is 0 Å². The minimum Gasteiger partial charge on any atom is -0.494 e. The molecule has 0 aliphatic heterocycles. The molecular formula is C26H35N3O2. The molecule has 5 nitrogen and oxygen atoms in total. The number of hydrogen-bond donors (Lipinski definition) is 1. The van der Waals surface area contributed by atoms with Crippen LogP contribution in [-0.2, 0) is 17.8 Å². The number of rotatable bonds is 13. The highest BCUT2D eigenvalue weighted by Crippen LogP contribution is 2.19. The van der Waals surface area contributed by atoms with Crippen molar-refractivity contribution in [2.45, 2.75) is 65.3 Å². The maximum atomic E-state index is 11.5. The van der Waals surface area contributed by atoms with Gasteiger partial charge in [0.25, 0.3) is 0 Å².